The molecule has 0 aromatic carbocycles. The number of carbonyl (C=O) groups excluding carboxylic acids is 3. The molecular formula is C32H49FO8. The minimum Gasteiger partial charge on any atom is -0.457 e. The Kier molecular flexibility index (Phi) is 12.5. The van der Waals surface area contributed by atoms with E-state index >= 15 is 4.39 Å². The van der Waals surface area contributed by atoms with Gasteiger partial charge in [0.05, 0.1) is 12.2 Å². The second-order valence-corrected chi connectivity index (χ2v) is 12.2. The third-order valence-corrected chi connectivity index (χ3v) is 8.18. The summed E-state index contributed by atoms with van der Waals surface area (Å²) in [4.78, 5) is 37.4. The van der Waals surface area contributed by atoms with Crippen LogP contribution in [0.15, 0.2) is 36.0 Å². The third kappa shape index (κ3) is 9.86. The molecule has 0 aromatic heterocycles. The van der Waals surface area contributed by atoms with Crippen LogP contribution in [0.1, 0.15) is 81.1 Å². The molecule has 2 aliphatic heterocycles. The Morgan fingerprint density at radius 3 is 2.51 bits per heavy atom. The number of ether oxygens (including phenoxy) is 4. The number of epoxide rings is 1. The first-order chi connectivity index (χ1) is 19.0. The summed E-state index contributed by atoms with van der Waals surface area (Å²) in [5, 5.41) is 11.0. The highest BCUT2D eigenvalue weighted by Gasteiger charge is 2.54. The number of aliphatic hydroxyl groups is 1. The van der Waals surface area contributed by atoms with Crippen molar-refractivity contribution < 1.29 is 42.8 Å². The lowest BCUT2D eigenvalue weighted by Crippen LogP contribution is -2.41. The molecule has 10 atom stereocenters. The van der Waals surface area contributed by atoms with Crippen molar-refractivity contribution in [3.63, 3.8) is 0 Å². The van der Waals surface area contributed by atoms with Crippen molar-refractivity contribution in [1.82, 2.24) is 0 Å². The van der Waals surface area contributed by atoms with Gasteiger partial charge >= 0.3 is 11.9 Å². The number of methoxy groups -OCH3 is 1. The highest BCUT2D eigenvalue weighted by atomic mass is 19.1. The second-order valence-electron chi connectivity index (χ2n) is 12.2. The largest absolute Gasteiger partial charge is 0.457 e. The Morgan fingerprint density at radius 1 is 1.27 bits per heavy atom. The van der Waals surface area contributed by atoms with Crippen molar-refractivity contribution in [2.75, 3.05) is 7.11 Å². The summed E-state index contributed by atoms with van der Waals surface area (Å²) in [7, 11) is 1.61. The van der Waals surface area contributed by atoms with E-state index < -0.39 is 41.3 Å². The summed E-state index contributed by atoms with van der Waals surface area (Å²) in [5.41, 5.74) is -2.93. The van der Waals surface area contributed by atoms with Crippen molar-refractivity contribution >= 4 is 17.7 Å². The number of rotatable bonds is 10. The Morgan fingerprint density at radius 2 is 1.93 bits per heavy atom. The molecule has 2 unspecified atom stereocenters. The molecule has 0 aromatic rings. The minimum atomic E-state index is -2.25. The molecular weight excluding hydrogens is 531 g/mol. The lowest BCUT2D eigenvalue weighted by Gasteiger charge is -2.32. The molecule has 9 heteroatoms. The van der Waals surface area contributed by atoms with E-state index in [1.807, 2.05) is 27.7 Å². The van der Waals surface area contributed by atoms with Crippen LogP contribution < -0.4 is 0 Å². The molecule has 0 saturated carbocycles. The van der Waals surface area contributed by atoms with E-state index in [0.717, 1.165) is 6.42 Å². The molecule has 1 saturated heterocycles. The number of cyclic esters (lactones) is 1. The van der Waals surface area contributed by atoms with Gasteiger partial charge in [0.25, 0.3) is 0 Å². The zero-order valence-corrected chi connectivity index (χ0v) is 26.0. The van der Waals surface area contributed by atoms with Gasteiger partial charge in [-0.15, -0.1) is 0 Å². The number of carbonyl (C=O) groups is 3. The molecule has 0 spiro atoms. The van der Waals surface area contributed by atoms with Gasteiger partial charge in [0.2, 0.25) is 5.78 Å². The molecule has 232 valence electrons. The fourth-order valence-electron chi connectivity index (χ4n) is 5.34. The fourth-order valence-corrected chi connectivity index (χ4v) is 5.34. The maximum Gasteiger partial charge on any atom is 0.306 e. The van der Waals surface area contributed by atoms with Crippen molar-refractivity contribution in [3.05, 3.63) is 36.0 Å². The topological polar surface area (TPSA) is 112 Å². The highest BCUT2D eigenvalue weighted by molar-refractivity contribution is 5.95. The summed E-state index contributed by atoms with van der Waals surface area (Å²) >= 11 is 0. The monoisotopic (exact) mass is 580 g/mol. The van der Waals surface area contributed by atoms with Crippen LogP contribution in [0, 0.1) is 17.8 Å². The smallest absolute Gasteiger partial charge is 0.306 e. The predicted molar refractivity (Wildman–Crippen MR) is 154 cm³/mol. The van der Waals surface area contributed by atoms with Crippen LogP contribution in [0.25, 0.3) is 0 Å². The number of allylic oxidation sites excluding steroid dienone is 3. The van der Waals surface area contributed by atoms with Crippen molar-refractivity contribution in [2.24, 2.45) is 17.8 Å². The molecule has 1 fully saturated rings. The fraction of sp³-hybridized carbons (Fsp3) is 0.719. The first kappa shape index (κ1) is 34.8. The van der Waals surface area contributed by atoms with E-state index in [4.69, 9.17) is 18.9 Å². The average Bonchev–Trinajstić information content (AvgIpc) is 3.68. The maximum atomic E-state index is 15.4. The summed E-state index contributed by atoms with van der Waals surface area (Å²) in [6, 6.07) is 0. The van der Waals surface area contributed by atoms with Crippen molar-refractivity contribution in [2.45, 2.75) is 123 Å². The van der Waals surface area contributed by atoms with Crippen molar-refractivity contribution in [1.29, 1.82) is 0 Å². The zero-order valence-electron chi connectivity index (χ0n) is 26.0. The van der Waals surface area contributed by atoms with E-state index in [1.165, 1.54) is 26.0 Å². The Balaban J connectivity index is 2.23. The first-order valence-electron chi connectivity index (χ1n) is 14.6. The van der Waals surface area contributed by atoms with Gasteiger partial charge in [0.15, 0.2) is 5.67 Å². The van der Waals surface area contributed by atoms with Gasteiger partial charge in [0.1, 0.15) is 23.9 Å². The lowest BCUT2D eigenvalue weighted by molar-refractivity contribution is -0.156. The molecule has 0 aliphatic carbocycles. The lowest BCUT2D eigenvalue weighted by atomic mass is 9.87. The Hall–Kier alpha value is -2.36. The number of halogens is 1. The normalized spacial score (nSPS) is 35.3. The van der Waals surface area contributed by atoms with Gasteiger partial charge in [-0.3, -0.25) is 14.4 Å². The standard InChI is InChI=1S/C32H49FO8/c1-10-24(38-9)22(5)28-29(41-28)30(36)31(7,33)16-11-12-20(3)27-21(4)13-14-25(39-23(6)34)32(8,37)17-15-19(2)18-26(35)40-27/h11-14,16,19,21-22,24-25,27-29,37H,10,15,17-18H2,1-9H3/b14-13+,16-11+,20-12+/t19-,21+,22-,24+,25+,27-,28?,29+,31?,32-/m1/s1. The Labute approximate surface area is 244 Å². The van der Waals surface area contributed by atoms with Crippen LogP contribution in [0.3, 0.4) is 0 Å². The van der Waals surface area contributed by atoms with E-state index in [9.17, 15) is 19.5 Å². The minimum absolute atomic E-state index is 0.0435. The van der Waals surface area contributed by atoms with Crippen LogP contribution in [-0.2, 0) is 33.3 Å². The van der Waals surface area contributed by atoms with Gasteiger partial charge in [-0.2, -0.15) is 0 Å². The Bertz CT molecular complexity index is 1010. The number of ketones is 1. The number of esters is 2. The van der Waals surface area contributed by atoms with Crippen LogP contribution in [0.4, 0.5) is 4.39 Å². The van der Waals surface area contributed by atoms with Crippen molar-refractivity contribution in [3.8, 4) is 0 Å². The summed E-state index contributed by atoms with van der Waals surface area (Å²) < 4.78 is 37.7. The molecule has 8 nitrogen and oxygen atoms in total. The SMILES string of the molecule is CC[C@H](OC)[C@@H](C)C1O[C@@H]1C(=O)C(C)(F)/C=C/C=C(\C)[C@H]1OC(=O)C[C@H](C)CC[C@@](C)(O)[C@@H](OC(C)=O)/C=C/[C@@H]1C. The van der Waals surface area contributed by atoms with Crippen LogP contribution in [0.5, 0.6) is 0 Å². The summed E-state index contributed by atoms with van der Waals surface area (Å²) in [5.74, 6) is -2.01. The van der Waals surface area contributed by atoms with Gasteiger partial charge < -0.3 is 24.1 Å². The molecule has 1 N–H and O–H groups in total. The summed E-state index contributed by atoms with van der Waals surface area (Å²) in [6.07, 6.45) is 6.56. The maximum absolute atomic E-state index is 15.4. The third-order valence-electron chi connectivity index (χ3n) is 8.18. The van der Waals surface area contributed by atoms with Gasteiger partial charge in [-0.25, -0.2) is 4.39 Å². The number of hydrogen-bond donors (Lipinski definition) is 1. The average molecular weight is 581 g/mol. The van der Waals surface area contributed by atoms with E-state index in [-0.39, 0.29) is 42.4 Å². The predicted octanol–water partition coefficient (Wildman–Crippen LogP) is 5.22. The number of hydrogen-bond acceptors (Lipinski definition) is 8. The summed E-state index contributed by atoms with van der Waals surface area (Å²) in [6.45, 7) is 13.5. The molecule has 2 heterocycles. The first-order valence-corrected chi connectivity index (χ1v) is 14.6. The molecule has 0 radical (unpaired) electrons. The van der Waals surface area contributed by atoms with Gasteiger partial charge in [-0.1, -0.05) is 45.9 Å². The molecule has 0 amide bonds. The van der Waals surface area contributed by atoms with Crippen LogP contribution >= 0.6 is 0 Å². The molecule has 2 rings (SSSR count). The number of Topliss-reactive ketones (excluding diaryl/α,β-unsaturated/α-hetero) is 1. The second kappa shape index (κ2) is 14.7. The van der Waals surface area contributed by atoms with Crippen LogP contribution in [0.2, 0.25) is 0 Å². The van der Waals surface area contributed by atoms with Crippen LogP contribution in [-0.4, -0.2) is 71.7 Å². The highest BCUT2D eigenvalue weighted by Crippen LogP contribution is 2.37. The van der Waals surface area contributed by atoms with E-state index in [2.05, 4.69) is 0 Å². The van der Waals surface area contributed by atoms with E-state index in [0.29, 0.717) is 18.4 Å². The van der Waals surface area contributed by atoms with Gasteiger partial charge in [-0.05, 0) is 63.7 Å². The molecule has 2 aliphatic rings. The molecule has 41 heavy (non-hydrogen) atoms. The van der Waals surface area contributed by atoms with Gasteiger partial charge in [0, 0.05) is 32.3 Å². The zero-order chi connectivity index (χ0) is 31.1. The molecule has 0 bridgehead atoms. The quantitative estimate of drug-likeness (QED) is 0.162. The van der Waals surface area contributed by atoms with E-state index in [1.54, 1.807) is 39.2 Å². The number of alkyl halides is 1.